The van der Waals surface area contributed by atoms with Crippen LogP contribution in [0.25, 0.3) is 0 Å². The van der Waals surface area contributed by atoms with Gasteiger partial charge in [0.25, 0.3) is 11.6 Å². The summed E-state index contributed by atoms with van der Waals surface area (Å²) < 4.78 is 0. The van der Waals surface area contributed by atoms with Gasteiger partial charge in [-0.25, -0.2) is 0 Å². The molecule has 1 heterocycles. The molecule has 1 aliphatic rings. The van der Waals surface area contributed by atoms with Crippen molar-refractivity contribution in [1.29, 1.82) is 0 Å². The van der Waals surface area contributed by atoms with Crippen molar-refractivity contribution in [3.05, 3.63) is 63.2 Å². The standard InChI is InChI=1S/C21H25N3O3/c1-15-8-7-9-18(16(15)2)22-21(25)17-10-11-19(20(14-17)24(26)27)23-12-5-3-4-6-13-23/h7-11,14H,3-6,12-13H2,1-2H3,(H,22,25). The van der Waals surface area contributed by atoms with Gasteiger partial charge in [0.2, 0.25) is 0 Å². The highest BCUT2D eigenvalue weighted by Gasteiger charge is 2.23. The van der Waals surface area contributed by atoms with Crippen LogP contribution in [0.15, 0.2) is 36.4 Å². The molecule has 142 valence electrons. The molecule has 0 radical (unpaired) electrons. The molecular formula is C21H25N3O3. The summed E-state index contributed by atoms with van der Waals surface area (Å²) in [7, 11) is 0. The van der Waals surface area contributed by atoms with Crippen LogP contribution in [0.1, 0.15) is 47.2 Å². The van der Waals surface area contributed by atoms with Crippen molar-refractivity contribution in [2.75, 3.05) is 23.3 Å². The highest BCUT2D eigenvalue weighted by Crippen LogP contribution is 2.31. The lowest BCUT2D eigenvalue weighted by Gasteiger charge is -2.22. The number of anilines is 2. The molecule has 6 nitrogen and oxygen atoms in total. The van der Waals surface area contributed by atoms with Crippen LogP contribution in [0.5, 0.6) is 0 Å². The van der Waals surface area contributed by atoms with Gasteiger partial charge in [-0.2, -0.15) is 0 Å². The fourth-order valence-corrected chi connectivity index (χ4v) is 3.47. The first-order chi connectivity index (χ1) is 13.0. The first kappa shape index (κ1) is 18.9. The zero-order chi connectivity index (χ0) is 19.4. The number of benzene rings is 2. The molecule has 2 aromatic rings. The minimum Gasteiger partial charge on any atom is -0.366 e. The Hall–Kier alpha value is -2.89. The van der Waals surface area contributed by atoms with Crippen LogP contribution < -0.4 is 10.2 Å². The lowest BCUT2D eigenvalue weighted by atomic mass is 10.1. The maximum atomic E-state index is 12.6. The predicted molar refractivity (Wildman–Crippen MR) is 108 cm³/mol. The van der Waals surface area contributed by atoms with Crippen LogP contribution in [-0.2, 0) is 0 Å². The minimum absolute atomic E-state index is 0.00878. The lowest BCUT2D eigenvalue weighted by Crippen LogP contribution is -2.25. The predicted octanol–water partition coefficient (Wildman–Crippen LogP) is 4.84. The second kappa shape index (κ2) is 8.20. The minimum atomic E-state index is -0.394. The molecule has 0 saturated carbocycles. The van der Waals surface area contributed by atoms with Gasteiger partial charge in [-0.15, -0.1) is 0 Å². The molecule has 6 heteroatoms. The van der Waals surface area contributed by atoms with Crippen molar-refractivity contribution in [2.45, 2.75) is 39.5 Å². The smallest absolute Gasteiger partial charge is 0.293 e. The molecule has 1 saturated heterocycles. The van der Waals surface area contributed by atoms with Gasteiger partial charge in [-0.3, -0.25) is 14.9 Å². The summed E-state index contributed by atoms with van der Waals surface area (Å²) in [5, 5.41) is 14.5. The number of aryl methyl sites for hydroxylation is 1. The third kappa shape index (κ3) is 4.27. The van der Waals surface area contributed by atoms with E-state index >= 15 is 0 Å². The third-order valence-electron chi connectivity index (χ3n) is 5.23. The molecule has 0 bridgehead atoms. The molecule has 1 N–H and O–H groups in total. The summed E-state index contributed by atoms with van der Waals surface area (Å²) in [5.74, 6) is -0.339. The van der Waals surface area contributed by atoms with Crippen molar-refractivity contribution < 1.29 is 9.72 Å². The second-order valence-corrected chi connectivity index (χ2v) is 7.06. The number of carbonyl (C=O) groups excluding carboxylic acids is 1. The summed E-state index contributed by atoms with van der Waals surface area (Å²) in [6.07, 6.45) is 4.37. The van der Waals surface area contributed by atoms with Crippen molar-refractivity contribution in [1.82, 2.24) is 0 Å². The summed E-state index contributed by atoms with van der Waals surface area (Å²) in [6.45, 7) is 5.55. The summed E-state index contributed by atoms with van der Waals surface area (Å²) >= 11 is 0. The first-order valence-corrected chi connectivity index (χ1v) is 9.38. The Bertz CT molecular complexity index is 856. The molecule has 0 aliphatic carbocycles. The van der Waals surface area contributed by atoms with Gasteiger partial charge >= 0.3 is 0 Å². The monoisotopic (exact) mass is 367 g/mol. The van der Waals surface area contributed by atoms with E-state index in [-0.39, 0.29) is 11.6 Å². The molecule has 0 spiro atoms. The van der Waals surface area contributed by atoms with Crippen LogP contribution in [0.3, 0.4) is 0 Å². The van der Waals surface area contributed by atoms with Crippen LogP contribution in [-0.4, -0.2) is 23.9 Å². The van der Waals surface area contributed by atoms with Gasteiger partial charge in [0, 0.05) is 30.4 Å². The van der Waals surface area contributed by atoms with Gasteiger partial charge in [0.05, 0.1) is 4.92 Å². The van der Waals surface area contributed by atoms with Gasteiger partial charge in [0.1, 0.15) is 5.69 Å². The zero-order valence-corrected chi connectivity index (χ0v) is 15.8. The zero-order valence-electron chi connectivity index (χ0n) is 15.8. The quantitative estimate of drug-likeness (QED) is 0.619. The number of rotatable bonds is 4. The lowest BCUT2D eigenvalue weighted by molar-refractivity contribution is -0.384. The van der Waals surface area contributed by atoms with E-state index in [4.69, 9.17) is 0 Å². The number of hydrogen-bond acceptors (Lipinski definition) is 4. The first-order valence-electron chi connectivity index (χ1n) is 9.38. The Kier molecular flexibility index (Phi) is 5.74. The van der Waals surface area contributed by atoms with Crippen molar-refractivity contribution >= 4 is 23.0 Å². The number of nitro benzene ring substituents is 1. The van der Waals surface area contributed by atoms with Gasteiger partial charge < -0.3 is 10.2 Å². The maximum absolute atomic E-state index is 12.6. The Labute approximate surface area is 159 Å². The van der Waals surface area contributed by atoms with E-state index in [0.29, 0.717) is 11.3 Å². The van der Waals surface area contributed by atoms with E-state index < -0.39 is 4.92 Å². The average molecular weight is 367 g/mol. The Morgan fingerprint density at radius 1 is 1.07 bits per heavy atom. The van der Waals surface area contributed by atoms with Gasteiger partial charge in [-0.05, 0) is 56.0 Å². The molecule has 0 atom stereocenters. The summed E-state index contributed by atoms with van der Waals surface area (Å²) in [5.41, 5.74) is 3.67. The molecule has 0 aromatic heterocycles. The Balaban J connectivity index is 1.87. The fraction of sp³-hybridized carbons (Fsp3) is 0.381. The van der Waals surface area contributed by atoms with Crippen LogP contribution in [0.4, 0.5) is 17.1 Å². The normalized spacial score (nSPS) is 14.5. The molecule has 3 rings (SSSR count). The SMILES string of the molecule is Cc1cccc(NC(=O)c2ccc(N3CCCCCC3)c([N+](=O)[O-])c2)c1C. The summed E-state index contributed by atoms with van der Waals surface area (Å²) in [4.78, 5) is 26.0. The van der Waals surface area contributed by atoms with E-state index in [2.05, 4.69) is 10.2 Å². The van der Waals surface area contributed by atoms with E-state index in [1.807, 2.05) is 32.0 Å². The Morgan fingerprint density at radius 2 is 1.78 bits per heavy atom. The number of nitro groups is 1. The maximum Gasteiger partial charge on any atom is 0.293 e. The number of nitrogens with zero attached hydrogens (tertiary/aromatic N) is 2. The highest BCUT2D eigenvalue weighted by atomic mass is 16.6. The van der Waals surface area contributed by atoms with Crippen molar-refractivity contribution in [3.63, 3.8) is 0 Å². The molecule has 2 aromatic carbocycles. The van der Waals surface area contributed by atoms with E-state index in [1.54, 1.807) is 12.1 Å². The molecule has 1 aliphatic heterocycles. The van der Waals surface area contributed by atoms with Crippen LogP contribution >= 0.6 is 0 Å². The van der Waals surface area contributed by atoms with Crippen molar-refractivity contribution in [3.8, 4) is 0 Å². The van der Waals surface area contributed by atoms with Crippen LogP contribution in [0, 0.1) is 24.0 Å². The Morgan fingerprint density at radius 3 is 2.44 bits per heavy atom. The molecule has 1 fully saturated rings. The molecule has 1 amide bonds. The van der Waals surface area contributed by atoms with Crippen molar-refractivity contribution in [2.24, 2.45) is 0 Å². The topological polar surface area (TPSA) is 75.5 Å². The average Bonchev–Trinajstić information content (AvgIpc) is 2.94. The number of nitrogens with one attached hydrogen (secondary N) is 1. The number of amides is 1. The molecule has 0 unspecified atom stereocenters. The number of hydrogen-bond donors (Lipinski definition) is 1. The van der Waals surface area contributed by atoms with E-state index in [0.717, 1.165) is 55.6 Å². The largest absolute Gasteiger partial charge is 0.366 e. The molecular weight excluding hydrogens is 342 g/mol. The highest BCUT2D eigenvalue weighted by molar-refractivity contribution is 6.05. The van der Waals surface area contributed by atoms with Crippen LogP contribution in [0.2, 0.25) is 0 Å². The molecule has 27 heavy (non-hydrogen) atoms. The summed E-state index contributed by atoms with van der Waals surface area (Å²) in [6, 6.07) is 10.5. The second-order valence-electron chi connectivity index (χ2n) is 7.06. The third-order valence-corrected chi connectivity index (χ3v) is 5.23. The van der Waals surface area contributed by atoms with Gasteiger partial charge in [-0.1, -0.05) is 25.0 Å². The van der Waals surface area contributed by atoms with Gasteiger partial charge in [0.15, 0.2) is 0 Å². The van der Waals surface area contributed by atoms with E-state index in [1.165, 1.54) is 6.07 Å². The van der Waals surface area contributed by atoms with E-state index in [9.17, 15) is 14.9 Å². The fourth-order valence-electron chi connectivity index (χ4n) is 3.47. The number of carbonyl (C=O) groups is 1.